The number of fused-ring (bicyclic) bond motifs is 1. The van der Waals surface area contributed by atoms with Gasteiger partial charge in [-0.25, -0.2) is 4.79 Å². The summed E-state index contributed by atoms with van der Waals surface area (Å²) in [6.07, 6.45) is 3.44. The number of amides is 1. The predicted octanol–water partition coefficient (Wildman–Crippen LogP) is 4.34. The molecule has 0 bridgehead atoms. The van der Waals surface area contributed by atoms with Crippen LogP contribution in [0.15, 0.2) is 22.6 Å². The number of likely N-dealkylation sites (tertiary alicyclic amines) is 1. The van der Waals surface area contributed by atoms with E-state index < -0.39 is 12.1 Å². The van der Waals surface area contributed by atoms with E-state index in [0.717, 1.165) is 44.2 Å². The second-order valence-corrected chi connectivity index (χ2v) is 6.92. The highest BCUT2D eigenvalue weighted by Crippen LogP contribution is 2.28. The Labute approximate surface area is 151 Å². The van der Waals surface area contributed by atoms with Gasteiger partial charge in [0.2, 0.25) is 5.76 Å². The van der Waals surface area contributed by atoms with Crippen molar-refractivity contribution in [2.75, 3.05) is 13.1 Å². The van der Waals surface area contributed by atoms with Crippen LogP contribution >= 0.6 is 11.6 Å². The highest BCUT2D eigenvalue weighted by Gasteiger charge is 2.27. The number of carbonyl (C=O) groups excluding carboxylic acids is 2. The van der Waals surface area contributed by atoms with Crippen molar-refractivity contribution in [3.8, 4) is 0 Å². The third kappa shape index (κ3) is 3.82. The lowest BCUT2D eigenvalue weighted by atomic mass is 10.1. The van der Waals surface area contributed by atoms with Gasteiger partial charge in [-0.3, -0.25) is 4.79 Å². The number of carbonyl (C=O) groups is 2. The van der Waals surface area contributed by atoms with Crippen molar-refractivity contribution < 1.29 is 18.7 Å². The highest BCUT2D eigenvalue weighted by atomic mass is 35.5. The summed E-state index contributed by atoms with van der Waals surface area (Å²) in [4.78, 5) is 26.8. The Hall–Kier alpha value is -2.01. The van der Waals surface area contributed by atoms with E-state index in [9.17, 15) is 9.59 Å². The van der Waals surface area contributed by atoms with E-state index in [-0.39, 0.29) is 11.7 Å². The molecular weight excluding hydrogens is 342 g/mol. The van der Waals surface area contributed by atoms with Gasteiger partial charge in [0.1, 0.15) is 5.58 Å². The third-order valence-electron chi connectivity index (χ3n) is 4.63. The van der Waals surface area contributed by atoms with Gasteiger partial charge in [-0.2, -0.15) is 0 Å². The predicted molar refractivity (Wildman–Crippen MR) is 95.9 cm³/mol. The molecule has 2 aromatic rings. The first-order chi connectivity index (χ1) is 12.0. The third-order valence-corrected chi connectivity index (χ3v) is 4.87. The molecular formula is C19H22ClNO4. The largest absolute Gasteiger partial charge is 0.449 e. The Bertz CT molecular complexity index is 790. The fourth-order valence-electron chi connectivity index (χ4n) is 3.20. The molecule has 25 heavy (non-hydrogen) atoms. The van der Waals surface area contributed by atoms with Crippen LogP contribution in [0, 0.1) is 6.92 Å². The molecule has 1 aliphatic heterocycles. The minimum Gasteiger partial charge on any atom is -0.449 e. The Morgan fingerprint density at radius 1 is 1.20 bits per heavy atom. The van der Waals surface area contributed by atoms with Crippen LogP contribution in [0.5, 0.6) is 0 Å². The molecule has 3 rings (SSSR count). The molecule has 1 fully saturated rings. The molecule has 0 aliphatic carbocycles. The molecule has 5 nitrogen and oxygen atoms in total. The quantitative estimate of drug-likeness (QED) is 0.761. The Morgan fingerprint density at radius 3 is 2.56 bits per heavy atom. The van der Waals surface area contributed by atoms with E-state index >= 15 is 0 Å². The second kappa shape index (κ2) is 7.48. The number of halogens is 1. The van der Waals surface area contributed by atoms with Crippen molar-refractivity contribution in [3.63, 3.8) is 0 Å². The second-order valence-electron chi connectivity index (χ2n) is 6.48. The highest BCUT2D eigenvalue weighted by molar-refractivity contribution is 6.31. The topological polar surface area (TPSA) is 59.8 Å². The summed E-state index contributed by atoms with van der Waals surface area (Å²) in [5.41, 5.74) is 1.23. The Balaban J connectivity index is 1.73. The van der Waals surface area contributed by atoms with Gasteiger partial charge in [0.15, 0.2) is 6.10 Å². The zero-order valence-corrected chi connectivity index (χ0v) is 15.3. The van der Waals surface area contributed by atoms with Gasteiger partial charge in [-0.1, -0.05) is 24.4 Å². The molecule has 1 aromatic heterocycles. The molecule has 1 aliphatic rings. The van der Waals surface area contributed by atoms with Crippen LogP contribution in [0.4, 0.5) is 0 Å². The van der Waals surface area contributed by atoms with Crippen LogP contribution in [0.3, 0.4) is 0 Å². The fourth-order valence-corrected chi connectivity index (χ4v) is 3.37. The monoisotopic (exact) mass is 363 g/mol. The first-order valence-corrected chi connectivity index (χ1v) is 9.03. The smallest absolute Gasteiger partial charge is 0.375 e. The molecule has 134 valence electrons. The number of nitrogens with zero attached hydrogens (tertiary/aromatic N) is 1. The standard InChI is InChI=1S/C19H22ClNO4/c1-12-15-11-14(20)7-8-16(15)25-17(12)19(23)24-13(2)18(22)21-9-5-3-4-6-10-21/h7-8,11,13H,3-6,9-10H2,1-2H3. The Morgan fingerprint density at radius 2 is 1.88 bits per heavy atom. The molecule has 6 heteroatoms. The first-order valence-electron chi connectivity index (χ1n) is 8.66. The van der Waals surface area contributed by atoms with Crippen LogP contribution < -0.4 is 0 Å². The first kappa shape index (κ1) is 17.8. The average molecular weight is 364 g/mol. The number of benzene rings is 1. The summed E-state index contributed by atoms with van der Waals surface area (Å²) in [7, 11) is 0. The maximum atomic E-state index is 12.5. The van der Waals surface area contributed by atoms with Crippen molar-refractivity contribution >= 4 is 34.4 Å². The van der Waals surface area contributed by atoms with Gasteiger partial charge < -0.3 is 14.1 Å². The van der Waals surface area contributed by atoms with Crippen LogP contribution in [-0.4, -0.2) is 36.0 Å². The molecule has 1 aromatic carbocycles. The molecule has 1 amide bonds. The zero-order chi connectivity index (χ0) is 18.0. The van der Waals surface area contributed by atoms with Gasteiger partial charge in [0.25, 0.3) is 5.91 Å². The maximum Gasteiger partial charge on any atom is 0.375 e. The maximum absolute atomic E-state index is 12.5. The van der Waals surface area contributed by atoms with E-state index in [4.69, 9.17) is 20.8 Å². The number of esters is 1. The Kier molecular flexibility index (Phi) is 5.33. The van der Waals surface area contributed by atoms with Crippen molar-refractivity contribution in [1.82, 2.24) is 4.90 Å². The molecule has 1 atom stereocenters. The minimum atomic E-state index is -0.832. The number of hydrogen-bond donors (Lipinski definition) is 0. The van der Waals surface area contributed by atoms with Gasteiger partial charge in [0, 0.05) is 29.1 Å². The van der Waals surface area contributed by atoms with Crippen LogP contribution in [0.2, 0.25) is 5.02 Å². The van der Waals surface area contributed by atoms with Crippen molar-refractivity contribution in [3.05, 3.63) is 34.5 Å². The summed E-state index contributed by atoms with van der Waals surface area (Å²) < 4.78 is 11.0. The van der Waals surface area contributed by atoms with Crippen LogP contribution in [0.25, 0.3) is 11.0 Å². The number of aryl methyl sites for hydroxylation is 1. The molecule has 2 heterocycles. The lowest BCUT2D eigenvalue weighted by Crippen LogP contribution is -2.40. The van der Waals surface area contributed by atoms with Crippen LogP contribution in [0.1, 0.15) is 48.7 Å². The number of ether oxygens (including phenoxy) is 1. The molecule has 0 radical (unpaired) electrons. The average Bonchev–Trinajstić information content (AvgIpc) is 2.78. The molecule has 0 N–H and O–H groups in total. The van der Waals surface area contributed by atoms with Crippen molar-refractivity contribution in [2.45, 2.75) is 45.6 Å². The van der Waals surface area contributed by atoms with E-state index in [0.29, 0.717) is 16.2 Å². The molecule has 1 unspecified atom stereocenters. The SMILES string of the molecule is Cc1c(C(=O)OC(C)C(=O)N2CCCCCC2)oc2ccc(Cl)cc12. The zero-order valence-electron chi connectivity index (χ0n) is 14.5. The number of furan rings is 1. The number of rotatable bonds is 3. The van der Waals surface area contributed by atoms with E-state index in [1.165, 1.54) is 0 Å². The van der Waals surface area contributed by atoms with E-state index in [1.807, 2.05) is 0 Å². The van der Waals surface area contributed by atoms with Gasteiger partial charge in [-0.05, 0) is 44.9 Å². The molecule has 0 spiro atoms. The van der Waals surface area contributed by atoms with E-state index in [1.54, 1.807) is 36.9 Å². The lowest BCUT2D eigenvalue weighted by Gasteiger charge is -2.23. The molecule has 1 saturated heterocycles. The van der Waals surface area contributed by atoms with E-state index in [2.05, 4.69) is 0 Å². The summed E-state index contributed by atoms with van der Waals surface area (Å²) in [5, 5.41) is 1.34. The van der Waals surface area contributed by atoms with Gasteiger partial charge in [-0.15, -0.1) is 0 Å². The fraction of sp³-hybridized carbons (Fsp3) is 0.474. The summed E-state index contributed by atoms with van der Waals surface area (Å²) in [6, 6.07) is 5.17. The lowest BCUT2D eigenvalue weighted by molar-refractivity contribution is -0.139. The minimum absolute atomic E-state index is 0.118. The summed E-state index contributed by atoms with van der Waals surface area (Å²) in [5.74, 6) is -0.652. The van der Waals surface area contributed by atoms with Crippen LogP contribution in [-0.2, 0) is 9.53 Å². The summed E-state index contributed by atoms with van der Waals surface area (Å²) >= 11 is 6.00. The molecule has 0 saturated carbocycles. The number of hydrogen-bond acceptors (Lipinski definition) is 4. The van der Waals surface area contributed by atoms with Gasteiger partial charge >= 0.3 is 5.97 Å². The van der Waals surface area contributed by atoms with Crippen molar-refractivity contribution in [2.24, 2.45) is 0 Å². The van der Waals surface area contributed by atoms with Gasteiger partial charge in [0.05, 0.1) is 0 Å². The normalized spacial score (nSPS) is 16.5. The summed E-state index contributed by atoms with van der Waals surface area (Å²) in [6.45, 7) is 4.84. The van der Waals surface area contributed by atoms with Crippen molar-refractivity contribution in [1.29, 1.82) is 0 Å².